The molecule has 0 bridgehead atoms. The highest BCUT2D eigenvalue weighted by molar-refractivity contribution is 9.10. The van der Waals surface area contributed by atoms with E-state index in [1.54, 1.807) is 7.11 Å². The van der Waals surface area contributed by atoms with Crippen molar-refractivity contribution in [3.8, 4) is 5.75 Å². The van der Waals surface area contributed by atoms with Crippen molar-refractivity contribution in [3.05, 3.63) is 28.2 Å². The van der Waals surface area contributed by atoms with Crippen LogP contribution in [-0.4, -0.2) is 13.7 Å². The van der Waals surface area contributed by atoms with Gasteiger partial charge in [-0.25, -0.2) is 0 Å². The lowest BCUT2D eigenvalue weighted by molar-refractivity contribution is 0.0461. The first-order chi connectivity index (χ1) is 6.83. The number of rotatable bonds is 2. The van der Waals surface area contributed by atoms with Crippen molar-refractivity contribution in [2.45, 2.75) is 12.5 Å². The number of fused-ring (bicyclic) bond motifs is 1. The Bertz CT molecular complexity index is 330. The molecule has 0 spiro atoms. The SMILES string of the molecule is CONC1CCOc2c(Br)cccc21. The Morgan fingerprint density at radius 1 is 1.57 bits per heavy atom. The van der Waals surface area contributed by atoms with E-state index in [1.165, 1.54) is 0 Å². The van der Waals surface area contributed by atoms with Gasteiger partial charge in [-0.3, -0.25) is 0 Å². The highest BCUT2D eigenvalue weighted by Gasteiger charge is 2.22. The average molecular weight is 258 g/mol. The summed E-state index contributed by atoms with van der Waals surface area (Å²) in [4.78, 5) is 4.96. The summed E-state index contributed by atoms with van der Waals surface area (Å²) in [5.41, 5.74) is 4.11. The maximum Gasteiger partial charge on any atom is 0.138 e. The van der Waals surface area contributed by atoms with Gasteiger partial charge in [-0.2, -0.15) is 5.48 Å². The molecule has 1 aliphatic heterocycles. The van der Waals surface area contributed by atoms with Crippen molar-refractivity contribution in [3.63, 3.8) is 0 Å². The molecule has 0 amide bonds. The summed E-state index contributed by atoms with van der Waals surface area (Å²) in [5, 5.41) is 0. The normalized spacial score (nSPS) is 20.0. The zero-order valence-corrected chi connectivity index (χ0v) is 9.50. The van der Waals surface area contributed by atoms with Gasteiger partial charge in [0.05, 0.1) is 24.2 Å². The molecule has 0 aromatic heterocycles. The summed E-state index contributed by atoms with van der Waals surface area (Å²) in [6.45, 7) is 0.719. The Morgan fingerprint density at radius 2 is 2.43 bits per heavy atom. The summed E-state index contributed by atoms with van der Waals surface area (Å²) in [5.74, 6) is 0.924. The number of nitrogens with one attached hydrogen (secondary N) is 1. The van der Waals surface area contributed by atoms with E-state index in [1.807, 2.05) is 12.1 Å². The molecule has 0 saturated heterocycles. The van der Waals surface area contributed by atoms with Crippen LogP contribution >= 0.6 is 15.9 Å². The van der Waals surface area contributed by atoms with Crippen LogP contribution in [0.5, 0.6) is 5.75 Å². The lowest BCUT2D eigenvalue weighted by Gasteiger charge is -2.26. The molecule has 1 aromatic carbocycles. The fraction of sp³-hybridized carbons (Fsp3) is 0.400. The van der Waals surface area contributed by atoms with E-state index in [0.29, 0.717) is 0 Å². The van der Waals surface area contributed by atoms with Crippen LogP contribution in [0.15, 0.2) is 22.7 Å². The molecule has 2 rings (SSSR count). The number of ether oxygens (including phenoxy) is 1. The first-order valence-corrected chi connectivity index (χ1v) is 5.32. The highest BCUT2D eigenvalue weighted by atomic mass is 79.9. The topological polar surface area (TPSA) is 30.5 Å². The van der Waals surface area contributed by atoms with Crippen molar-refractivity contribution in [2.75, 3.05) is 13.7 Å². The third kappa shape index (κ3) is 1.78. The minimum Gasteiger partial charge on any atom is -0.492 e. The van der Waals surface area contributed by atoms with Crippen molar-refractivity contribution in [1.29, 1.82) is 0 Å². The molecule has 1 aromatic rings. The smallest absolute Gasteiger partial charge is 0.138 e. The predicted octanol–water partition coefficient (Wildman–Crippen LogP) is 2.42. The Balaban J connectivity index is 2.34. The van der Waals surface area contributed by atoms with Crippen molar-refractivity contribution < 1.29 is 9.57 Å². The molecular formula is C10H12BrNO2. The zero-order chi connectivity index (χ0) is 9.97. The Labute approximate surface area is 91.5 Å². The van der Waals surface area contributed by atoms with Crippen LogP contribution in [0.3, 0.4) is 0 Å². The van der Waals surface area contributed by atoms with Gasteiger partial charge in [0.2, 0.25) is 0 Å². The second-order valence-electron chi connectivity index (χ2n) is 3.17. The maximum absolute atomic E-state index is 5.59. The summed E-state index contributed by atoms with van der Waals surface area (Å²) in [7, 11) is 1.63. The summed E-state index contributed by atoms with van der Waals surface area (Å²) >= 11 is 3.47. The van der Waals surface area contributed by atoms with Gasteiger partial charge in [0.25, 0.3) is 0 Å². The van der Waals surface area contributed by atoms with Crippen LogP contribution in [0.25, 0.3) is 0 Å². The molecule has 1 heterocycles. The lowest BCUT2D eigenvalue weighted by Crippen LogP contribution is -2.26. The van der Waals surface area contributed by atoms with E-state index < -0.39 is 0 Å². The summed E-state index contributed by atoms with van der Waals surface area (Å²) < 4.78 is 6.59. The number of para-hydroxylation sites is 1. The van der Waals surface area contributed by atoms with Crippen molar-refractivity contribution in [1.82, 2.24) is 5.48 Å². The molecule has 4 heteroatoms. The third-order valence-corrected chi connectivity index (χ3v) is 2.91. The first kappa shape index (κ1) is 9.96. The number of hydroxylamine groups is 1. The first-order valence-electron chi connectivity index (χ1n) is 4.52. The predicted molar refractivity (Wildman–Crippen MR) is 57.1 cm³/mol. The average Bonchev–Trinajstić information content (AvgIpc) is 2.20. The van der Waals surface area contributed by atoms with Gasteiger partial charge in [-0.1, -0.05) is 12.1 Å². The highest BCUT2D eigenvalue weighted by Crippen LogP contribution is 2.37. The quantitative estimate of drug-likeness (QED) is 0.826. The van der Waals surface area contributed by atoms with Gasteiger partial charge >= 0.3 is 0 Å². The molecule has 0 radical (unpaired) electrons. The molecule has 0 saturated carbocycles. The van der Waals surface area contributed by atoms with Crippen LogP contribution in [0.2, 0.25) is 0 Å². The van der Waals surface area contributed by atoms with Crippen LogP contribution in [0.1, 0.15) is 18.0 Å². The van der Waals surface area contributed by atoms with Gasteiger partial charge in [0.15, 0.2) is 0 Å². The van der Waals surface area contributed by atoms with Crippen LogP contribution in [-0.2, 0) is 4.84 Å². The lowest BCUT2D eigenvalue weighted by atomic mass is 10.0. The number of halogens is 1. The fourth-order valence-electron chi connectivity index (χ4n) is 1.65. The second-order valence-corrected chi connectivity index (χ2v) is 4.02. The van der Waals surface area contributed by atoms with E-state index in [2.05, 4.69) is 27.5 Å². The van der Waals surface area contributed by atoms with E-state index >= 15 is 0 Å². The van der Waals surface area contributed by atoms with Gasteiger partial charge in [0.1, 0.15) is 5.75 Å². The molecular weight excluding hydrogens is 246 g/mol. The molecule has 14 heavy (non-hydrogen) atoms. The Kier molecular flexibility index (Phi) is 3.05. The molecule has 0 aliphatic carbocycles. The van der Waals surface area contributed by atoms with Gasteiger partial charge < -0.3 is 9.57 Å². The largest absolute Gasteiger partial charge is 0.492 e. The maximum atomic E-state index is 5.59. The zero-order valence-electron chi connectivity index (χ0n) is 7.92. The van der Waals surface area contributed by atoms with E-state index in [9.17, 15) is 0 Å². The molecule has 76 valence electrons. The van der Waals surface area contributed by atoms with Crippen molar-refractivity contribution in [2.24, 2.45) is 0 Å². The summed E-state index contributed by atoms with van der Waals surface area (Å²) in [6, 6.07) is 6.26. The van der Waals surface area contributed by atoms with Crippen molar-refractivity contribution >= 4 is 15.9 Å². The monoisotopic (exact) mass is 257 g/mol. The van der Waals surface area contributed by atoms with E-state index in [4.69, 9.17) is 9.57 Å². The van der Waals surface area contributed by atoms with E-state index in [0.717, 1.165) is 28.8 Å². The second kappa shape index (κ2) is 4.29. The summed E-state index contributed by atoms with van der Waals surface area (Å²) in [6.07, 6.45) is 0.928. The van der Waals surface area contributed by atoms with Crippen LogP contribution in [0.4, 0.5) is 0 Å². The van der Waals surface area contributed by atoms with Gasteiger partial charge in [-0.05, 0) is 22.0 Å². The number of hydrogen-bond donors (Lipinski definition) is 1. The minimum absolute atomic E-state index is 0.223. The number of benzene rings is 1. The Morgan fingerprint density at radius 3 is 3.21 bits per heavy atom. The minimum atomic E-state index is 0.223. The molecule has 1 aliphatic rings. The molecule has 1 atom stereocenters. The molecule has 3 nitrogen and oxygen atoms in total. The van der Waals surface area contributed by atoms with Crippen LogP contribution in [0, 0.1) is 0 Å². The number of hydrogen-bond acceptors (Lipinski definition) is 3. The van der Waals surface area contributed by atoms with Crippen LogP contribution < -0.4 is 10.2 Å². The molecule has 1 N–H and O–H groups in total. The third-order valence-electron chi connectivity index (χ3n) is 2.29. The standard InChI is InChI=1S/C10H12BrNO2/c1-13-12-9-5-6-14-10-7(9)3-2-4-8(10)11/h2-4,9,12H,5-6H2,1H3. The molecule has 0 fully saturated rings. The Hall–Kier alpha value is -0.580. The molecule has 1 unspecified atom stereocenters. The van der Waals surface area contributed by atoms with Gasteiger partial charge in [-0.15, -0.1) is 0 Å². The fourth-order valence-corrected chi connectivity index (χ4v) is 2.15. The van der Waals surface area contributed by atoms with E-state index in [-0.39, 0.29) is 6.04 Å². The van der Waals surface area contributed by atoms with Gasteiger partial charge in [0, 0.05) is 12.0 Å².